The molecule has 0 bridgehead atoms. The fourth-order valence-corrected chi connectivity index (χ4v) is 2.04. The quantitative estimate of drug-likeness (QED) is 0.878. The largest absolute Gasteiger partial charge is 0.489 e. The minimum atomic E-state index is -0.157. The third-order valence-electron chi connectivity index (χ3n) is 2.80. The lowest BCUT2D eigenvalue weighted by Crippen LogP contribution is -2.01. The van der Waals surface area contributed by atoms with Gasteiger partial charge < -0.3 is 15.6 Å². The number of rotatable bonds is 5. The van der Waals surface area contributed by atoms with Crippen LogP contribution in [0.2, 0.25) is 10.0 Å². The van der Waals surface area contributed by atoms with E-state index in [0.29, 0.717) is 22.3 Å². The minimum Gasteiger partial charge on any atom is -0.489 e. The summed E-state index contributed by atoms with van der Waals surface area (Å²) >= 11 is 11.8. The molecular formula is C16H15Cl2NO2. The Kier molecular flexibility index (Phi) is 5.51. The lowest BCUT2D eigenvalue weighted by molar-refractivity contribution is 0.306. The highest BCUT2D eigenvalue weighted by Crippen LogP contribution is 2.23. The molecule has 0 aliphatic heterocycles. The Balaban J connectivity index is 1.99. The second kappa shape index (κ2) is 7.36. The molecule has 0 atom stereocenters. The molecule has 0 aromatic heterocycles. The molecule has 0 fully saturated rings. The number of hydrogen-bond acceptors (Lipinski definition) is 3. The van der Waals surface area contributed by atoms with Crippen LogP contribution in [0.15, 0.2) is 48.2 Å². The van der Waals surface area contributed by atoms with Crippen molar-refractivity contribution in [2.45, 2.75) is 6.61 Å². The predicted octanol–water partition coefficient (Wildman–Crippen LogP) is 3.86. The van der Waals surface area contributed by atoms with Crippen LogP contribution in [0.25, 0.3) is 6.08 Å². The molecule has 2 aromatic carbocycles. The van der Waals surface area contributed by atoms with Gasteiger partial charge in [-0.1, -0.05) is 41.4 Å². The average molecular weight is 324 g/mol. The highest BCUT2D eigenvalue weighted by Gasteiger charge is 2.01. The van der Waals surface area contributed by atoms with Crippen LogP contribution in [0.1, 0.15) is 11.1 Å². The van der Waals surface area contributed by atoms with Gasteiger partial charge in [-0.25, -0.2) is 0 Å². The molecule has 21 heavy (non-hydrogen) atoms. The summed E-state index contributed by atoms with van der Waals surface area (Å²) in [5.41, 5.74) is 7.83. The first-order valence-corrected chi connectivity index (χ1v) is 7.08. The van der Waals surface area contributed by atoms with E-state index in [1.807, 2.05) is 30.3 Å². The second-order valence-electron chi connectivity index (χ2n) is 4.48. The number of halogens is 2. The summed E-state index contributed by atoms with van der Waals surface area (Å²) in [7, 11) is 0. The topological polar surface area (TPSA) is 55.5 Å². The van der Waals surface area contributed by atoms with Gasteiger partial charge in [0, 0.05) is 5.70 Å². The van der Waals surface area contributed by atoms with Gasteiger partial charge >= 0.3 is 0 Å². The van der Waals surface area contributed by atoms with Crippen LogP contribution in [-0.2, 0) is 6.61 Å². The molecule has 0 spiro atoms. The van der Waals surface area contributed by atoms with Gasteiger partial charge in [-0.05, 0) is 41.5 Å². The Morgan fingerprint density at radius 2 is 1.81 bits per heavy atom. The van der Waals surface area contributed by atoms with Crippen molar-refractivity contribution in [3.63, 3.8) is 0 Å². The summed E-state index contributed by atoms with van der Waals surface area (Å²) in [5.74, 6) is 0.737. The fourth-order valence-electron chi connectivity index (χ4n) is 1.72. The SMILES string of the molecule is N/C(=C/c1ccc(OCc2ccc(Cl)c(Cl)c2)cc1)CO. The number of aliphatic hydroxyl groups excluding tert-OH is 1. The van der Waals surface area contributed by atoms with Crippen LogP contribution in [0.4, 0.5) is 0 Å². The van der Waals surface area contributed by atoms with Crippen molar-refractivity contribution in [2.24, 2.45) is 5.73 Å². The molecule has 0 heterocycles. The number of ether oxygens (including phenoxy) is 1. The van der Waals surface area contributed by atoms with Crippen molar-refractivity contribution in [3.05, 3.63) is 69.3 Å². The molecule has 2 rings (SSSR count). The van der Waals surface area contributed by atoms with Crippen LogP contribution < -0.4 is 10.5 Å². The van der Waals surface area contributed by atoms with E-state index in [-0.39, 0.29) is 6.61 Å². The van der Waals surface area contributed by atoms with E-state index in [1.165, 1.54) is 0 Å². The molecule has 0 aliphatic carbocycles. The van der Waals surface area contributed by atoms with Crippen molar-refractivity contribution < 1.29 is 9.84 Å². The fraction of sp³-hybridized carbons (Fsp3) is 0.125. The van der Waals surface area contributed by atoms with E-state index in [1.54, 1.807) is 18.2 Å². The molecule has 0 amide bonds. The summed E-state index contributed by atoms with van der Waals surface area (Å²) in [6, 6.07) is 12.8. The predicted molar refractivity (Wildman–Crippen MR) is 86.5 cm³/mol. The molecule has 0 unspecified atom stereocenters. The molecule has 0 radical (unpaired) electrons. The molecule has 0 saturated carbocycles. The van der Waals surface area contributed by atoms with Gasteiger partial charge in [0.2, 0.25) is 0 Å². The Morgan fingerprint density at radius 3 is 2.43 bits per heavy atom. The van der Waals surface area contributed by atoms with Gasteiger partial charge in [0.15, 0.2) is 0 Å². The summed E-state index contributed by atoms with van der Waals surface area (Å²) in [6.07, 6.45) is 1.71. The standard InChI is InChI=1S/C16H15Cl2NO2/c17-15-6-3-12(8-16(15)18)10-21-14-4-1-11(2-5-14)7-13(19)9-20/h1-8,20H,9-10,19H2/b13-7+. The van der Waals surface area contributed by atoms with Crippen molar-refractivity contribution >= 4 is 29.3 Å². The zero-order chi connectivity index (χ0) is 15.2. The molecule has 110 valence electrons. The number of nitrogens with two attached hydrogens (primary N) is 1. The zero-order valence-corrected chi connectivity index (χ0v) is 12.7. The molecule has 3 N–H and O–H groups in total. The monoisotopic (exact) mass is 323 g/mol. The summed E-state index contributed by atoms with van der Waals surface area (Å²) in [4.78, 5) is 0. The van der Waals surface area contributed by atoms with Crippen LogP contribution >= 0.6 is 23.2 Å². The maximum Gasteiger partial charge on any atom is 0.119 e. The second-order valence-corrected chi connectivity index (χ2v) is 5.30. The summed E-state index contributed by atoms with van der Waals surface area (Å²) < 4.78 is 5.67. The van der Waals surface area contributed by atoms with E-state index in [0.717, 1.165) is 16.9 Å². The van der Waals surface area contributed by atoms with Crippen molar-refractivity contribution in [2.75, 3.05) is 6.61 Å². The Hall–Kier alpha value is -1.68. The normalized spacial score (nSPS) is 11.5. The highest BCUT2D eigenvalue weighted by atomic mass is 35.5. The van der Waals surface area contributed by atoms with E-state index in [9.17, 15) is 0 Å². The maximum absolute atomic E-state index is 8.86. The number of benzene rings is 2. The Bertz CT molecular complexity index is 639. The summed E-state index contributed by atoms with van der Waals surface area (Å²) in [5, 5.41) is 9.90. The third-order valence-corrected chi connectivity index (χ3v) is 3.54. The first-order valence-electron chi connectivity index (χ1n) is 6.32. The van der Waals surface area contributed by atoms with Gasteiger partial charge in [0.05, 0.1) is 16.7 Å². The Labute approximate surface area is 133 Å². The van der Waals surface area contributed by atoms with Crippen LogP contribution in [0.5, 0.6) is 5.75 Å². The molecular weight excluding hydrogens is 309 g/mol. The molecule has 0 aliphatic rings. The average Bonchev–Trinajstić information content (AvgIpc) is 2.50. The van der Waals surface area contributed by atoms with Crippen molar-refractivity contribution in [1.29, 1.82) is 0 Å². The number of hydrogen-bond donors (Lipinski definition) is 2. The highest BCUT2D eigenvalue weighted by molar-refractivity contribution is 6.42. The van der Waals surface area contributed by atoms with E-state index in [4.69, 9.17) is 38.8 Å². The van der Waals surface area contributed by atoms with E-state index in [2.05, 4.69) is 0 Å². The summed E-state index contributed by atoms with van der Waals surface area (Å²) in [6.45, 7) is 0.250. The Morgan fingerprint density at radius 1 is 1.10 bits per heavy atom. The van der Waals surface area contributed by atoms with E-state index < -0.39 is 0 Å². The lowest BCUT2D eigenvalue weighted by atomic mass is 10.2. The van der Waals surface area contributed by atoms with Crippen LogP contribution in [0, 0.1) is 0 Å². The lowest BCUT2D eigenvalue weighted by Gasteiger charge is -2.07. The molecule has 3 nitrogen and oxygen atoms in total. The van der Waals surface area contributed by atoms with Crippen molar-refractivity contribution in [3.8, 4) is 5.75 Å². The molecule has 0 saturated heterocycles. The van der Waals surface area contributed by atoms with E-state index >= 15 is 0 Å². The third kappa shape index (κ3) is 4.67. The van der Waals surface area contributed by atoms with Gasteiger partial charge in [-0.3, -0.25) is 0 Å². The zero-order valence-electron chi connectivity index (χ0n) is 11.2. The first-order chi connectivity index (χ1) is 10.1. The molecule has 2 aromatic rings. The van der Waals surface area contributed by atoms with Crippen LogP contribution in [0.3, 0.4) is 0 Å². The van der Waals surface area contributed by atoms with Gasteiger partial charge in [0.25, 0.3) is 0 Å². The van der Waals surface area contributed by atoms with Gasteiger partial charge in [-0.15, -0.1) is 0 Å². The molecule has 5 heteroatoms. The number of aliphatic hydroxyl groups is 1. The first kappa shape index (κ1) is 15.7. The van der Waals surface area contributed by atoms with Gasteiger partial charge in [0.1, 0.15) is 12.4 Å². The smallest absolute Gasteiger partial charge is 0.119 e. The minimum absolute atomic E-state index is 0.157. The van der Waals surface area contributed by atoms with Crippen LogP contribution in [-0.4, -0.2) is 11.7 Å². The maximum atomic E-state index is 8.86. The van der Waals surface area contributed by atoms with Gasteiger partial charge in [-0.2, -0.15) is 0 Å². The van der Waals surface area contributed by atoms with Crippen molar-refractivity contribution in [1.82, 2.24) is 0 Å².